The Bertz CT molecular complexity index is 358. The van der Waals surface area contributed by atoms with Crippen molar-refractivity contribution in [2.24, 2.45) is 0 Å². The zero-order valence-corrected chi connectivity index (χ0v) is 9.76. The second-order valence-corrected chi connectivity index (χ2v) is 4.79. The second-order valence-electron chi connectivity index (χ2n) is 3.88. The van der Waals surface area contributed by atoms with Crippen molar-refractivity contribution < 1.29 is 14.6 Å². The normalized spacial score (nSPS) is 20.9. The number of hydrogen-bond donors (Lipinski definition) is 2. The predicted octanol–water partition coefficient (Wildman–Crippen LogP) is 1.71. The molecule has 1 saturated heterocycles. The molecule has 1 unspecified atom stereocenters. The summed E-state index contributed by atoms with van der Waals surface area (Å²) in [6.45, 7) is 2.18. The summed E-state index contributed by atoms with van der Waals surface area (Å²) in [6, 6.07) is 2.22. The van der Waals surface area contributed by atoms with Gasteiger partial charge in [0.05, 0.1) is 6.61 Å². The minimum absolute atomic E-state index is 0.357. The van der Waals surface area contributed by atoms with Gasteiger partial charge >= 0.3 is 5.97 Å². The Morgan fingerprint density at radius 3 is 3.25 bits per heavy atom. The number of carboxylic acid groups (broad SMARTS) is 1. The number of hydrogen-bond acceptors (Lipinski definition) is 4. The number of thiophene rings is 1. The van der Waals surface area contributed by atoms with Gasteiger partial charge in [0.2, 0.25) is 0 Å². The molecule has 0 radical (unpaired) electrons. The van der Waals surface area contributed by atoms with Crippen LogP contribution in [0.4, 0.5) is 0 Å². The van der Waals surface area contributed by atoms with Crippen LogP contribution in [0.1, 0.15) is 28.1 Å². The van der Waals surface area contributed by atoms with Crippen LogP contribution in [-0.4, -0.2) is 30.3 Å². The average molecular weight is 241 g/mol. The average Bonchev–Trinajstić information content (AvgIpc) is 2.76. The number of carbonyl (C=O) groups is 1. The van der Waals surface area contributed by atoms with E-state index < -0.39 is 5.97 Å². The molecule has 16 heavy (non-hydrogen) atoms. The summed E-state index contributed by atoms with van der Waals surface area (Å²) >= 11 is 1.27. The summed E-state index contributed by atoms with van der Waals surface area (Å²) in [6.07, 6.45) is 2.18. The molecule has 0 bridgehead atoms. The Hall–Kier alpha value is -0.910. The molecule has 0 saturated carbocycles. The summed E-state index contributed by atoms with van der Waals surface area (Å²) in [4.78, 5) is 11.3. The molecule has 0 amide bonds. The van der Waals surface area contributed by atoms with Crippen LogP contribution in [0, 0.1) is 0 Å². The lowest BCUT2D eigenvalue weighted by Gasteiger charge is -2.23. The van der Waals surface area contributed by atoms with E-state index in [2.05, 4.69) is 5.32 Å². The standard InChI is InChI=1S/C11H15NO3S/c13-11(14)10-8(3-5-16-10)6-12-9-2-1-4-15-7-9/h3,5,9,12H,1-2,4,6-7H2,(H,13,14). The maximum atomic E-state index is 10.9. The van der Waals surface area contributed by atoms with Gasteiger partial charge in [-0.2, -0.15) is 0 Å². The van der Waals surface area contributed by atoms with E-state index in [1.54, 1.807) is 0 Å². The largest absolute Gasteiger partial charge is 0.477 e. The van der Waals surface area contributed by atoms with Gasteiger partial charge in [0.15, 0.2) is 0 Å². The molecule has 2 rings (SSSR count). The first-order chi connectivity index (χ1) is 7.77. The van der Waals surface area contributed by atoms with Gasteiger partial charge in [-0.1, -0.05) is 0 Å². The lowest BCUT2D eigenvalue weighted by atomic mass is 10.1. The smallest absolute Gasteiger partial charge is 0.346 e. The molecule has 2 N–H and O–H groups in total. The molecule has 1 atom stereocenters. The lowest BCUT2D eigenvalue weighted by Crippen LogP contribution is -2.36. The van der Waals surface area contributed by atoms with Crippen LogP contribution in [0.5, 0.6) is 0 Å². The van der Waals surface area contributed by atoms with Crippen molar-refractivity contribution in [3.63, 3.8) is 0 Å². The van der Waals surface area contributed by atoms with Gasteiger partial charge in [-0.3, -0.25) is 0 Å². The summed E-state index contributed by atoms with van der Waals surface area (Å²) in [5.41, 5.74) is 0.864. The fourth-order valence-corrected chi connectivity index (χ4v) is 2.58. The van der Waals surface area contributed by atoms with Gasteiger partial charge in [0.25, 0.3) is 0 Å². The Morgan fingerprint density at radius 2 is 2.56 bits per heavy atom. The van der Waals surface area contributed by atoms with Crippen molar-refractivity contribution in [1.82, 2.24) is 5.32 Å². The molecular weight excluding hydrogens is 226 g/mol. The third-order valence-corrected chi connectivity index (χ3v) is 3.63. The van der Waals surface area contributed by atoms with Crippen molar-refractivity contribution >= 4 is 17.3 Å². The van der Waals surface area contributed by atoms with Crippen LogP contribution >= 0.6 is 11.3 Å². The Balaban J connectivity index is 1.88. The molecule has 1 aromatic rings. The van der Waals surface area contributed by atoms with Crippen LogP contribution < -0.4 is 5.32 Å². The molecule has 88 valence electrons. The van der Waals surface area contributed by atoms with Crippen molar-refractivity contribution in [1.29, 1.82) is 0 Å². The van der Waals surface area contributed by atoms with Crippen LogP contribution in [0.3, 0.4) is 0 Å². The van der Waals surface area contributed by atoms with E-state index in [9.17, 15) is 4.79 Å². The summed E-state index contributed by atoms with van der Waals surface area (Å²) in [7, 11) is 0. The number of rotatable bonds is 4. The molecule has 1 aliphatic heterocycles. The Morgan fingerprint density at radius 1 is 1.69 bits per heavy atom. The molecule has 1 fully saturated rings. The van der Waals surface area contributed by atoms with Crippen molar-refractivity contribution in [3.8, 4) is 0 Å². The van der Waals surface area contributed by atoms with Crippen molar-refractivity contribution in [3.05, 3.63) is 21.9 Å². The molecule has 0 spiro atoms. The quantitative estimate of drug-likeness (QED) is 0.842. The predicted molar refractivity (Wildman–Crippen MR) is 62.0 cm³/mol. The summed E-state index contributed by atoms with van der Waals surface area (Å²) < 4.78 is 5.35. The van der Waals surface area contributed by atoms with E-state index in [1.807, 2.05) is 11.4 Å². The van der Waals surface area contributed by atoms with Gasteiger partial charge < -0.3 is 15.2 Å². The fraction of sp³-hybridized carbons (Fsp3) is 0.545. The van der Waals surface area contributed by atoms with Gasteiger partial charge in [0, 0.05) is 19.2 Å². The topological polar surface area (TPSA) is 58.6 Å². The minimum atomic E-state index is -0.841. The highest BCUT2D eigenvalue weighted by Crippen LogP contribution is 2.17. The summed E-state index contributed by atoms with van der Waals surface area (Å²) in [5.74, 6) is -0.841. The first kappa shape index (κ1) is 11.6. The fourth-order valence-electron chi connectivity index (χ4n) is 1.82. The minimum Gasteiger partial charge on any atom is -0.477 e. The third-order valence-electron chi connectivity index (χ3n) is 2.68. The van der Waals surface area contributed by atoms with E-state index in [1.165, 1.54) is 11.3 Å². The van der Waals surface area contributed by atoms with Crippen LogP contribution in [-0.2, 0) is 11.3 Å². The summed E-state index contributed by atoms with van der Waals surface area (Å²) in [5, 5.41) is 14.1. The van der Waals surface area contributed by atoms with Crippen molar-refractivity contribution in [2.75, 3.05) is 13.2 Å². The van der Waals surface area contributed by atoms with E-state index >= 15 is 0 Å². The Kier molecular flexibility index (Phi) is 3.93. The van der Waals surface area contributed by atoms with E-state index in [0.717, 1.165) is 31.6 Å². The molecule has 1 aliphatic rings. The lowest BCUT2D eigenvalue weighted by molar-refractivity contribution is 0.0688. The highest BCUT2D eigenvalue weighted by molar-refractivity contribution is 7.12. The molecule has 0 aliphatic carbocycles. The first-order valence-corrected chi connectivity index (χ1v) is 6.26. The van der Waals surface area contributed by atoms with E-state index in [-0.39, 0.29) is 0 Å². The van der Waals surface area contributed by atoms with Gasteiger partial charge in [-0.25, -0.2) is 4.79 Å². The second kappa shape index (κ2) is 5.43. The molecule has 2 heterocycles. The SMILES string of the molecule is O=C(O)c1sccc1CNC1CCCOC1. The van der Waals surface area contributed by atoms with Gasteiger partial charge in [-0.05, 0) is 29.9 Å². The molecule has 0 aromatic carbocycles. The van der Waals surface area contributed by atoms with Crippen LogP contribution in [0.2, 0.25) is 0 Å². The highest BCUT2D eigenvalue weighted by Gasteiger charge is 2.15. The maximum Gasteiger partial charge on any atom is 0.346 e. The van der Waals surface area contributed by atoms with E-state index in [0.29, 0.717) is 17.5 Å². The molecule has 5 heteroatoms. The van der Waals surface area contributed by atoms with Gasteiger partial charge in [0.1, 0.15) is 4.88 Å². The number of ether oxygens (including phenoxy) is 1. The molecular formula is C11H15NO3S. The molecule has 1 aromatic heterocycles. The monoisotopic (exact) mass is 241 g/mol. The zero-order valence-electron chi connectivity index (χ0n) is 8.94. The number of carboxylic acids is 1. The molecule has 4 nitrogen and oxygen atoms in total. The maximum absolute atomic E-state index is 10.9. The third kappa shape index (κ3) is 2.81. The van der Waals surface area contributed by atoms with Gasteiger partial charge in [-0.15, -0.1) is 11.3 Å². The van der Waals surface area contributed by atoms with Crippen molar-refractivity contribution in [2.45, 2.75) is 25.4 Å². The van der Waals surface area contributed by atoms with Crippen LogP contribution in [0.25, 0.3) is 0 Å². The van der Waals surface area contributed by atoms with Crippen LogP contribution in [0.15, 0.2) is 11.4 Å². The Labute approximate surface area is 98.2 Å². The van der Waals surface area contributed by atoms with E-state index in [4.69, 9.17) is 9.84 Å². The number of aromatic carboxylic acids is 1. The number of nitrogens with one attached hydrogen (secondary N) is 1. The highest BCUT2D eigenvalue weighted by atomic mass is 32.1. The first-order valence-electron chi connectivity index (χ1n) is 5.38. The zero-order chi connectivity index (χ0) is 11.4.